The lowest BCUT2D eigenvalue weighted by Gasteiger charge is -2.61. The molecule has 0 spiro atoms. The number of ether oxygens (including phenoxy) is 3. The summed E-state index contributed by atoms with van der Waals surface area (Å²) in [5.41, 5.74) is -0.210. The second-order valence-electron chi connectivity index (χ2n) is 11.6. The molecule has 1 N–H and O–H groups in total. The predicted molar refractivity (Wildman–Crippen MR) is 132 cm³/mol. The Balaban J connectivity index is 1.71. The maximum atomic E-state index is 13.8. The zero-order chi connectivity index (χ0) is 26.9. The molecule has 2 heterocycles. The van der Waals surface area contributed by atoms with Crippen LogP contribution in [0.1, 0.15) is 58.9 Å². The van der Waals surface area contributed by atoms with Crippen molar-refractivity contribution in [1.82, 2.24) is 0 Å². The van der Waals surface area contributed by atoms with E-state index in [1.54, 1.807) is 39.4 Å². The molecular weight excluding hydrogens is 476 g/mol. The summed E-state index contributed by atoms with van der Waals surface area (Å²) < 4.78 is 22.5. The van der Waals surface area contributed by atoms with Crippen molar-refractivity contribution in [3.63, 3.8) is 0 Å². The molecule has 37 heavy (non-hydrogen) atoms. The summed E-state index contributed by atoms with van der Waals surface area (Å²) in [6.45, 7) is 9.44. The fourth-order valence-corrected chi connectivity index (χ4v) is 8.36. The van der Waals surface area contributed by atoms with E-state index in [9.17, 15) is 19.5 Å². The van der Waals surface area contributed by atoms with E-state index in [-0.39, 0.29) is 30.8 Å². The lowest BCUT2D eigenvalue weighted by atomic mass is 9.41. The molecule has 0 bridgehead atoms. The molecule has 4 aliphatic rings. The van der Waals surface area contributed by atoms with E-state index in [0.717, 1.165) is 16.7 Å². The van der Waals surface area contributed by atoms with Crippen LogP contribution >= 0.6 is 0 Å². The first kappa shape index (κ1) is 25.9. The van der Waals surface area contributed by atoms with Gasteiger partial charge in [-0.15, -0.1) is 0 Å². The molecule has 0 amide bonds. The Hall–Kier alpha value is -2.71. The van der Waals surface area contributed by atoms with Gasteiger partial charge in [-0.2, -0.15) is 0 Å². The van der Waals surface area contributed by atoms with E-state index >= 15 is 0 Å². The van der Waals surface area contributed by atoms with Crippen LogP contribution in [0, 0.1) is 28.1 Å². The van der Waals surface area contributed by atoms with Gasteiger partial charge in [0.2, 0.25) is 0 Å². The average Bonchev–Trinajstić information content (AvgIpc) is 3.56. The highest BCUT2D eigenvalue weighted by Crippen LogP contribution is 2.70. The zero-order valence-corrected chi connectivity index (χ0v) is 22.3. The largest absolute Gasteiger partial charge is 0.472 e. The SMILES string of the molecule is CCOC(=O)[C@]1(C)C=CC(=O)[C@]2(C)[C@@H](CC(=O)OC)[C@]3(C)C4=C(C)[C@H](c5ccoc5)C[C@H]4O[C@@H]3[C@H](O)[C@H]21. The standard InChI is InChI=1S/C29H36O8/c1-7-36-26(33)27(3)10-8-20(30)28(4)19(13-21(31)34-6)29(5)22-15(2)17(16-9-11-35-14-16)12-18(22)37-25(29)23(32)24(27)28/h8-11,14,17-19,23-25,32H,7,12-13H2,1-6H3/t17-,18-,19-,23-,24+,25-,27-,28+,29-/m1/s1. The van der Waals surface area contributed by atoms with Gasteiger partial charge in [-0.1, -0.05) is 25.5 Å². The molecule has 8 heteroatoms. The number of ketones is 1. The van der Waals surface area contributed by atoms with E-state index < -0.39 is 52.2 Å². The van der Waals surface area contributed by atoms with Crippen molar-refractivity contribution in [2.75, 3.05) is 13.7 Å². The lowest BCUT2D eigenvalue weighted by molar-refractivity contribution is -0.216. The number of methoxy groups -OCH3 is 1. The molecule has 8 nitrogen and oxygen atoms in total. The van der Waals surface area contributed by atoms with Gasteiger partial charge < -0.3 is 23.7 Å². The number of allylic oxidation sites excluding steroid dienone is 2. The van der Waals surface area contributed by atoms with Crippen LogP contribution < -0.4 is 0 Å². The number of aliphatic hydroxyl groups excluding tert-OH is 1. The van der Waals surface area contributed by atoms with Crippen molar-refractivity contribution in [3.8, 4) is 0 Å². The third-order valence-electron chi connectivity index (χ3n) is 9.96. The first-order chi connectivity index (χ1) is 17.5. The quantitative estimate of drug-likeness (QED) is 0.469. The first-order valence-corrected chi connectivity index (χ1v) is 13.0. The van der Waals surface area contributed by atoms with Gasteiger partial charge in [0.05, 0.1) is 56.4 Å². The summed E-state index contributed by atoms with van der Waals surface area (Å²) in [4.78, 5) is 40.0. The molecule has 1 aliphatic heterocycles. The molecule has 0 radical (unpaired) electrons. The molecule has 1 aromatic rings. The van der Waals surface area contributed by atoms with Crippen LogP contribution in [0.2, 0.25) is 0 Å². The summed E-state index contributed by atoms with van der Waals surface area (Å²) >= 11 is 0. The van der Waals surface area contributed by atoms with Gasteiger partial charge in [0.25, 0.3) is 0 Å². The number of aliphatic hydroxyl groups is 1. The van der Waals surface area contributed by atoms with Crippen LogP contribution in [0.15, 0.2) is 46.3 Å². The fourth-order valence-electron chi connectivity index (χ4n) is 8.36. The smallest absolute Gasteiger partial charge is 0.316 e. The number of carbonyl (C=O) groups excluding carboxylic acids is 3. The van der Waals surface area contributed by atoms with Crippen molar-refractivity contribution in [2.45, 2.75) is 71.7 Å². The highest BCUT2D eigenvalue weighted by molar-refractivity contribution is 5.99. The molecule has 9 atom stereocenters. The average molecular weight is 513 g/mol. The number of rotatable bonds is 5. The molecule has 1 saturated carbocycles. The van der Waals surface area contributed by atoms with Crippen molar-refractivity contribution in [1.29, 1.82) is 0 Å². The molecule has 1 aromatic heterocycles. The summed E-state index contributed by atoms with van der Waals surface area (Å²) in [6.07, 6.45) is 4.82. The van der Waals surface area contributed by atoms with Crippen molar-refractivity contribution < 1.29 is 38.1 Å². The number of esters is 2. The maximum absolute atomic E-state index is 13.8. The van der Waals surface area contributed by atoms with Gasteiger partial charge in [-0.3, -0.25) is 14.4 Å². The van der Waals surface area contributed by atoms with Gasteiger partial charge in [-0.05, 0) is 56.4 Å². The van der Waals surface area contributed by atoms with Crippen LogP contribution in [-0.2, 0) is 28.6 Å². The number of furan rings is 1. The molecular formula is C29H36O8. The Morgan fingerprint density at radius 2 is 1.95 bits per heavy atom. The van der Waals surface area contributed by atoms with Crippen LogP contribution in [0.5, 0.6) is 0 Å². The Labute approximate surface area is 217 Å². The zero-order valence-electron chi connectivity index (χ0n) is 22.3. The normalized spacial score (nSPS) is 42.3. The topological polar surface area (TPSA) is 112 Å². The predicted octanol–water partition coefficient (Wildman–Crippen LogP) is 3.74. The van der Waals surface area contributed by atoms with Gasteiger partial charge in [0, 0.05) is 22.7 Å². The van der Waals surface area contributed by atoms with Crippen LogP contribution in [0.25, 0.3) is 0 Å². The van der Waals surface area contributed by atoms with Gasteiger partial charge >= 0.3 is 11.9 Å². The second kappa shape index (κ2) is 8.67. The molecule has 0 unspecified atom stereocenters. The molecule has 200 valence electrons. The molecule has 5 rings (SSSR count). The van der Waals surface area contributed by atoms with Crippen molar-refractivity contribution in [2.24, 2.45) is 28.1 Å². The van der Waals surface area contributed by atoms with E-state index in [1.165, 1.54) is 13.2 Å². The minimum atomic E-state index is -1.28. The van der Waals surface area contributed by atoms with Crippen molar-refractivity contribution >= 4 is 17.7 Å². The van der Waals surface area contributed by atoms with Crippen molar-refractivity contribution in [3.05, 3.63) is 47.5 Å². The number of carbonyl (C=O) groups is 3. The summed E-state index contributed by atoms with van der Waals surface area (Å²) in [5.74, 6) is -2.55. The maximum Gasteiger partial charge on any atom is 0.316 e. The molecule has 2 fully saturated rings. The van der Waals surface area contributed by atoms with Crippen LogP contribution in [-0.4, -0.2) is 54.9 Å². The summed E-state index contributed by atoms with van der Waals surface area (Å²) in [5, 5.41) is 12.0. The number of hydrogen-bond acceptors (Lipinski definition) is 8. The molecule has 1 saturated heterocycles. The monoisotopic (exact) mass is 512 g/mol. The Kier molecular flexibility index (Phi) is 6.07. The minimum Gasteiger partial charge on any atom is -0.472 e. The van der Waals surface area contributed by atoms with E-state index in [0.29, 0.717) is 6.42 Å². The highest BCUT2D eigenvalue weighted by atomic mass is 16.5. The van der Waals surface area contributed by atoms with E-state index in [4.69, 9.17) is 18.6 Å². The van der Waals surface area contributed by atoms with Crippen LogP contribution in [0.3, 0.4) is 0 Å². The van der Waals surface area contributed by atoms with Gasteiger partial charge in [-0.25, -0.2) is 0 Å². The van der Waals surface area contributed by atoms with E-state index in [1.807, 2.05) is 13.0 Å². The van der Waals surface area contributed by atoms with Gasteiger partial charge in [0.15, 0.2) is 5.78 Å². The second-order valence-corrected chi connectivity index (χ2v) is 11.6. The third-order valence-corrected chi connectivity index (χ3v) is 9.96. The Morgan fingerprint density at radius 1 is 1.22 bits per heavy atom. The first-order valence-electron chi connectivity index (χ1n) is 13.0. The minimum absolute atomic E-state index is 0.0507. The van der Waals surface area contributed by atoms with Gasteiger partial charge in [0.1, 0.15) is 0 Å². The number of fused-ring (bicyclic) bond motifs is 4. The highest BCUT2D eigenvalue weighted by Gasteiger charge is 2.74. The third kappa shape index (κ3) is 3.31. The van der Waals surface area contributed by atoms with E-state index in [2.05, 4.69) is 6.92 Å². The van der Waals surface area contributed by atoms with Crippen LogP contribution in [0.4, 0.5) is 0 Å². The molecule has 0 aromatic carbocycles. The Morgan fingerprint density at radius 3 is 2.57 bits per heavy atom. The molecule has 3 aliphatic carbocycles. The summed E-state index contributed by atoms with van der Waals surface area (Å²) in [6, 6.07) is 1.94. The lowest BCUT2D eigenvalue weighted by Crippen LogP contribution is -2.69. The summed E-state index contributed by atoms with van der Waals surface area (Å²) in [7, 11) is 1.33. The Bertz CT molecular complexity index is 1180. The number of hydrogen-bond donors (Lipinski definition) is 1. The fraction of sp³-hybridized carbons (Fsp3) is 0.621.